The van der Waals surface area contributed by atoms with Crippen molar-refractivity contribution in [1.82, 2.24) is 4.57 Å². The molecule has 0 bridgehead atoms. The topological polar surface area (TPSA) is 65.1 Å². The van der Waals surface area contributed by atoms with Gasteiger partial charge in [-0.2, -0.15) is 0 Å². The fourth-order valence-corrected chi connectivity index (χ4v) is 3.14. The second kappa shape index (κ2) is 7.84. The quantitative estimate of drug-likeness (QED) is 0.668. The average molecular weight is 433 g/mol. The highest BCUT2D eigenvalue weighted by atomic mass is 79.9. The van der Waals surface area contributed by atoms with E-state index in [1.165, 1.54) is 18.3 Å². The van der Waals surface area contributed by atoms with Gasteiger partial charge in [0.25, 0.3) is 11.5 Å². The highest BCUT2D eigenvalue weighted by molar-refractivity contribution is 9.10. The highest BCUT2D eigenvalue weighted by Gasteiger charge is 2.20. The van der Waals surface area contributed by atoms with Crippen molar-refractivity contribution in [3.63, 3.8) is 0 Å². The zero-order valence-corrected chi connectivity index (χ0v) is 15.7. The lowest BCUT2D eigenvalue weighted by Gasteiger charge is -2.13. The third kappa shape index (κ3) is 4.14. The Morgan fingerprint density at radius 1 is 1.11 bits per heavy atom. The molecule has 7 heteroatoms. The molecule has 0 atom stereocenters. The maximum absolute atomic E-state index is 14.8. The van der Waals surface area contributed by atoms with E-state index in [1.54, 1.807) is 30.3 Å². The molecule has 3 aromatic rings. The summed E-state index contributed by atoms with van der Waals surface area (Å²) in [5.41, 5.74) is 5.06. The third-order valence-electron chi connectivity index (χ3n) is 4.17. The zero-order chi connectivity index (χ0) is 19.6. The van der Waals surface area contributed by atoms with E-state index in [-0.39, 0.29) is 29.7 Å². The number of hydrogen-bond donors (Lipinski definition) is 1. The van der Waals surface area contributed by atoms with Gasteiger partial charge in [0, 0.05) is 22.7 Å². The first kappa shape index (κ1) is 19.0. The standard InChI is InChI=1S/C20H15BrF2N2O2/c21-14-7-6-13(17(22)9-14)8-15-16(19(24)26)11-25(20(27)18(15)23)10-12-4-2-1-3-5-12/h1-7,9,11H,8,10H2,(H2,24,26). The van der Waals surface area contributed by atoms with Crippen LogP contribution in [0.5, 0.6) is 0 Å². The number of rotatable bonds is 5. The summed E-state index contributed by atoms with van der Waals surface area (Å²) >= 11 is 3.15. The summed E-state index contributed by atoms with van der Waals surface area (Å²) in [6.45, 7) is 0.0871. The lowest BCUT2D eigenvalue weighted by atomic mass is 10.00. The molecule has 3 rings (SSSR count). The molecule has 4 nitrogen and oxygen atoms in total. The van der Waals surface area contributed by atoms with Crippen LogP contribution in [0.1, 0.15) is 27.0 Å². The Morgan fingerprint density at radius 3 is 2.44 bits per heavy atom. The molecule has 0 radical (unpaired) electrons. The molecule has 2 N–H and O–H groups in total. The number of nitrogens with two attached hydrogens (primary N) is 1. The molecule has 1 heterocycles. The van der Waals surface area contributed by atoms with Crippen molar-refractivity contribution in [3.8, 4) is 0 Å². The maximum atomic E-state index is 14.8. The van der Waals surface area contributed by atoms with E-state index in [0.717, 1.165) is 10.1 Å². The summed E-state index contributed by atoms with van der Waals surface area (Å²) < 4.78 is 30.5. The van der Waals surface area contributed by atoms with Gasteiger partial charge in [-0.1, -0.05) is 52.3 Å². The van der Waals surface area contributed by atoms with Crippen molar-refractivity contribution in [1.29, 1.82) is 0 Å². The summed E-state index contributed by atoms with van der Waals surface area (Å²) in [6, 6.07) is 13.2. The van der Waals surface area contributed by atoms with Gasteiger partial charge in [0.15, 0.2) is 5.82 Å². The van der Waals surface area contributed by atoms with Crippen molar-refractivity contribution in [2.75, 3.05) is 0 Å². The number of carbonyl (C=O) groups is 1. The van der Waals surface area contributed by atoms with Crippen LogP contribution in [0.15, 0.2) is 64.0 Å². The first-order valence-corrected chi connectivity index (χ1v) is 8.85. The lowest BCUT2D eigenvalue weighted by Crippen LogP contribution is -2.29. The van der Waals surface area contributed by atoms with Crippen molar-refractivity contribution in [3.05, 3.63) is 103 Å². The van der Waals surface area contributed by atoms with Crippen LogP contribution in [0, 0.1) is 11.6 Å². The van der Waals surface area contributed by atoms with Gasteiger partial charge in [-0.05, 0) is 23.3 Å². The fourth-order valence-electron chi connectivity index (χ4n) is 2.80. The molecule has 0 aliphatic carbocycles. The predicted molar refractivity (Wildman–Crippen MR) is 102 cm³/mol. The molecule has 0 aliphatic rings. The van der Waals surface area contributed by atoms with Gasteiger partial charge in [0.05, 0.1) is 12.1 Å². The lowest BCUT2D eigenvalue weighted by molar-refractivity contribution is 0.0998. The summed E-state index contributed by atoms with van der Waals surface area (Å²) in [5, 5.41) is 0. The molecule has 0 saturated heterocycles. The number of benzene rings is 2. The summed E-state index contributed by atoms with van der Waals surface area (Å²) in [5.74, 6) is -2.57. The Labute approximate surface area is 162 Å². The number of primary amides is 1. The number of pyridine rings is 1. The normalized spacial score (nSPS) is 10.8. The van der Waals surface area contributed by atoms with E-state index in [0.29, 0.717) is 4.47 Å². The summed E-state index contributed by atoms with van der Waals surface area (Å²) in [4.78, 5) is 24.3. The SMILES string of the molecule is NC(=O)c1cn(Cc2ccccc2)c(=O)c(F)c1Cc1ccc(Br)cc1F. The van der Waals surface area contributed by atoms with Crippen LogP contribution in [-0.4, -0.2) is 10.5 Å². The minimum atomic E-state index is -1.11. The Kier molecular flexibility index (Phi) is 5.51. The molecule has 27 heavy (non-hydrogen) atoms. The van der Waals surface area contributed by atoms with Crippen LogP contribution in [0.4, 0.5) is 8.78 Å². The van der Waals surface area contributed by atoms with E-state index >= 15 is 0 Å². The highest BCUT2D eigenvalue weighted by Crippen LogP contribution is 2.21. The molecule has 2 aromatic carbocycles. The fraction of sp³-hybridized carbons (Fsp3) is 0.100. The Hall–Kier alpha value is -2.80. The van der Waals surface area contributed by atoms with Crippen molar-refractivity contribution in [2.45, 2.75) is 13.0 Å². The number of amides is 1. The van der Waals surface area contributed by atoms with Gasteiger partial charge in [-0.3, -0.25) is 9.59 Å². The summed E-state index contributed by atoms with van der Waals surface area (Å²) in [6.07, 6.45) is 0.970. The largest absolute Gasteiger partial charge is 0.366 e. The second-order valence-electron chi connectivity index (χ2n) is 6.03. The van der Waals surface area contributed by atoms with E-state index in [1.807, 2.05) is 6.07 Å². The van der Waals surface area contributed by atoms with Crippen molar-refractivity contribution >= 4 is 21.8 Å². The molecule has 1 amide bonds. The minimum Gasteiger partial charge on any atom is -0.366 e. The predicted octanol–water partition coefficient (Wildman–Crippen LogP) is 3.63. The minimum absolute atomic E-state index is 0.0871. The van der Waals surface area contributed by atoms with E-state index in [2.05, 4.69) is 15.9 Å². The second-order valence-corrected chi connectivity index (χ2v) is 6.95. The number of aromatic nitrogens is 1. The van der Waals surface area contributed by atoms with Crippen LogP contribution < -0.4 is 11.3 Å². The van der Waals surface area contributed by atoms with Gasteiger partial charge in [0.1, 0.15) is 5.82 Å². The molecule has 1 aromatic heterocycles. The average Bonchev–Trinajstić information content (AvgIpc) is 2.63. The van der Waals surface area contributed by atoms with Crippen LogP contribution >= 0.6 is 15.9 Å². The molecular weight excluding hydrogens is 418 g/mol. The Morgan fingerprint density at radius 2 is 1.81 bits per heavy atom. The molecule has 0 saturated carbocycles. The Bertz CT molecular complexity index is 1070. The number of halogens is 3. The molecular formula is C20H15BrF2N2O2. The number of hydrogen-bond acceptors (Lipinski definition) is 2. The molecule has 0 fully saturated rings. The van der Waals surface area contributed by atoms with Gasteiger partial charge in [-0.25, -0.2) is 8.78 Å². The number of carbonyl (C=O) groups excluding carboxylic acids is 1. The maximum Gasteiger partial charge on any atom is 0.287 e. The van der Waals surface area contributed by atoms with Crippen LogP contribution in [0.25, 0.3) is 0 Å². The van der Waals surface area contributed by atoms with E-state index in [9.17, 15) is 18.4 Å². The molecule has 0 aliphatic heterocycles. The third-order valence-corrected chi connectivity index (χ3v) is 4.66. The smallest absolute Gasteiger partial charge is 0.287 e. The van der Waals surface area contributed by atoms with E-state index < -0.39 is 23.1 Å². The molecule has 0 spiro atoms. The van der Waals surface area contributed by atoms with Gasteiger partial charge >= 0.3 is 0 Å². The molecule has 0 unspecified atom stereocenters. The van der Waals surface area contributed by atoms with Gasteiger partial charge in [0.2, 0.25) is 0 Å². The van der Waals surface area contributed by atoms with E-state index in [4.69, 9.17) is 5.73 Å². The first-order chi connectivity index (χ1) is 12.9. The van der Waals surface area contributed by atoms with Crippen LogP contribution in [-0.2, 0) is 13.0 Å². The molecule has 138 valence electrons. The first-order valence-electron chi connectivity index (χ1n) is 8.06. The zero-order valence-electron chi connectivity index (χ0n) is 14.1. The number of nitrogens with zero attached hydrogens (tertiary/aromatic N) is 1. The monoisotopic (exact) mass is 432 g/mol. The van der Waals surface area contributed by atoms with Crippen LogP contribution in [0.3, 0.4) is 0 Å². The van der Waals surface area contributed by atoms with Crippen molar-refractivity contribution in [2.24, 2.45) is 5.73 Å². The summed E-state index contributed by atoms with van der Waals surface area (Å²) in [7, 11) is 0. The van der Waals surface area contributed by atoms with Crippen LogP contribution in [0.2, 0.25) is 0 Å². The Balaban J connectivity index is 2.07. The van der Waals surface area contributed by atoms with Gasteiger partial charge in [-0.15, -0.1) is 0 Å². The van der Waals surface area contributed by atoms with Gasteiger partial charge < -0.3 is 10.3 Å². The van der Waals surface area contributed by atoms with Crippen molar-refractivity contribution < 1.29 is 13.6 Å².